The molecule has 1 heterocycles. The van der Waals surface area contributed by atoms with Gasteiger partial charge < -0.3 is 20.4 Å². The van der Waals surface area contributed by atoms with Crippen molar-refractivity contribution in [1.29, 1.82) is 0 Å². The lowest BCUT2D eigenvalue weighted by Gasteiger charge is -2.18. The predicted molar refractivity (Wildman–Crippen MR) is 95.6 cm³/mol. The van der Waals surface area contributed by atoms with Gasteiger partial charge in [-0.3, -0.25) is 4.98 Å². The Hall–Kier alpha value is -2.31. The predicted octanol–water partition coefficient (Wildman–Crippen LogP) is 2.18. The fourth-order valence-corrected chi connectivity index (χ4v) is 3.29. The van der Waals surface area contributed by atoms with Crippen LogP contribution in [-0.4, -0.2) is 25.4 Å². The molecular formula is C20H21NO4. The van der Waals surface area contributed by atoms with Gasteiger partial charge >= 0.3 is 0 Å². The van der Waals surface area contributed by atoms with Gasteiger partial charge in [0.25, 0.3) is 0 Å². The van der Waals surface area contributed by atoms with Gasteiger partial charge in [-0.05, 0) is 81.4 Å². The molecule has 0 spiro atoms. The molecule has 130 valence electrons. The number of aliphatic hydroxyl groups is 4. The molecule has 0 atom stereocenters. The number of hydrogen-bond acceptors (Lipinski definition) is 5. The van der Waals surface area contributed by atoms with Crippen LogP contribution in [0.4, 0.5) is 0 Å². The summed E-state index contributed by atoms with van der Waals surface area (Å²) in [4.78, 5) is 4.22. The molecule has 1 aromatic heterocycles. The first-order chi connectivity index (χ1) is 12.1. The highest BCUT2D eigenvalue weighted by Crippen LogP contribution is 2.36. The second-order valence-corrected chi connectivity index (χ2v) is 6.05. The molecule has 4 N–H and O–H groups in total. The maximum Gasteiger partial charge on any atom is 0.0691 e. The van der Waals surface area contributed by atoms with E-state index in [9.17, 15) is 20.4 Å². The average Bonchev–Trinajstić information content (AvgIpc) is 2.64. The van der Waals surface area contributed by atoms with Gasteiger partial charge in [-0.15, -0.1) is 0 Å². The van der Waals surface area contributed by atoms with Gasteiger partial charge in [0.05, 0.1) is 26.4 Å². The van der Waals surface area contributed by atoms with Gasteiger partial charge in [-0.25, -0.2) is 0 Å². The summed E-state index contributed by atoms with van der Waals surface area (Å²) in [7, 11) is 0. The third-order valence-corrected chi connectivity index (χ3v) is 4.51. The quantitative estimate of drug-likeness (QED) is 0.572. The molecule has 2 aromatic carbocycles. The zero-order valence-corrected chi connectivity index (χ0v) is 14.0. The molecule has 0 bridgehead atoms. The first kappa shape index (κ1) is 17.5. The number of aromatic nitrogens is 1. The molecule has 0 saturated carbocycles. The molecule has 0 aliphatic rings. The lowest BCUT2D eigenvalue weighted by molar-refractivity contribution is 0.259. The van der Waals surface area contributed by atoms with Crippen molar-refractivity contribution < 1.29 is 20.4 Å². The van der Waals surface area contributed by atoms with Crippen LogP contribution in [0.3, 0.4) is 0 Å². The highest BCUT2D eigenvalue weighted by Gasteiger charge is 2.16. The second kappa shape index (κ2) is 7.29. The van der Waals surface area contributed by atoms with Crippen molar-refractivity contribution in [2.24, 2.45) is 0 Å². The standard InChI is InChI=1S/C20H21NO4/c1-12-4-13(2-3-21-12)20-18-7-16(9-23)15(8-22)5-14(18)6-17(10-24)19(20)11-25/h2-7,22-25H,8-11H2,1H3. The van der Waals surface area contributed by atoms with E-state index in [1.165, 1.54) is 0 Å². The minimum Gasteiger partial charge on any atom is -0.392 e. The summed E-state index contributed by atoms with van der Waals surface area (Å²) >= 11 is 0. The Morgan fingerprint density at radius 1 is 0.800 bits per heavy atom. The van der Waals surface area contributed by atoms with Gasteiger partial charge in [-0.1, -0.05) is 0 Å². The van der Waals surface area contributed by atoms with Gasteiger partial charge in [0.1, 0.15) is 0 Å². The lowest BCUT2D eigenvalue weighted by Crippen LogP contribution is -2.02. The fourth-order valence-electron chi connectivity index (χ4n) is 3.29. The van der Waals surface area contributed by atoms with Crippen molar-refractivity contribution in [2.45, 2.75) is 33.4 Å². The number of rotatable bonds is 5. The lowest BCUT2D eigenvalue weighted by atomic mass is 9.88. The molecule has 0 unspecified atom stereocenters. The number of nitrogens with zero attached hydrogens (tertiary/aromatic N) is 1. The third-order valence-electron chi connectivity index (χ3n) is 4.51. The summed E-state index contributed by atoms with van der Waals surface area (Å²) in [6, 6.07) is 9.26. The molecule has 25 heavy (non-hydrogen) atoms. The van der Waals surface area contributed by atoms with E-state index in [1.54, 1.807) is 6.20 Å². The fraction of sp³-hybridized carbons (Fsp3) is 0.250. The third kappa shape index (κ3) is 3.15. The number of aryl methyl sites for hydroxylation is 1. The van der Waals surface area contributed by atoms with Crippen molar-refractivity contribution in [2.75, 3.05) is 0 Å². The van der Waals surface area contributed by atoms with Crippen LogP contribution in [0.5, 0.6) is 0 Å². The van der Waals surface area contributed by atoms with E-state index in [-0.39, 0.29) is 26.4 Å². The van der Waals surface area contributed by atoms with E-state index in [1.807, 2.05) is 37.3 Å². The van der Waals surface area contributed by atoms with Crippen LogP contribution >= 0.6 is 0 Å². The topological polar surface area (TPSA) is 93.8 Å². The summed E-state index contributed by atoms with van der Waals surface area (Å²) in [6.07, 6.45) is 1.71. The Bertz CT molecular complexity index is 916. The SMILES string of the molecule is Cc1cc(-c2c(CO)c(CO)cc3cc(CO)c(CO)cc23)ccn1. The summed E-state index contributed by atoms with van der Waals surface area (Å²) in [5.74, 6) is 0. The first-order valence-electron chi connectivity index (χ1n) is 8.09. The van der Waals surface area contributed by atoms with E-state index < -0.39 is 0 Å². The largest absolute Gasteiger partial charge is 0.392 e. The van der Waals surface area contributed by atoms with Crippen LogP contribution in [-0.2, 0) is 26.4 Å². The van der Waals surface area contributed by atoms with Crippen molar-refractivity contribution in [3.8, 4) is 11.1 Å². The van der Waals surface area contributed by atoms with E-state index in [4.69, 9.17) is 0 Å². The molecule has 0 fully saturated rings. The monoisotopic (exact) mass is 339 g/mol. The molecule has 0 aliphatic carbocycles. The van der Waals surface area contributed by atoms with E-state index in [2.05, 4.69) is 4.98 Å². The molecular weight excluding hydrogens is 318 g/mol. The maximum absolute atomic E-state index is 9.93. The van der Waals surface area contributed by atoms with Crippen LogP contribution in [0, 0.1) is 6.92 Å². The van der Waals surface area contributed by atoms with Crippen LogP contribution in [0.25, 0.3) is 21.9 Å². The molecule has 0 radical (unpaired) electrons. The highest BCUT2D eigenvalue weighted by atomic mass is 16.3. The van der Waals surface area contributed by atoms with Gasteiger partial charge in [0.15, 0.2) is 0 Å². The summed E-state index contributed by atoms with van der Waals surface area (Å²) < 4.78 is 0. The van der Waals surface area contributed by atoms with Crippen molar-refractivity contribution in [1.82, 2.24) is 4.98 Å². The Kier molecular flexibility index (Phi) is 5.11. The van der Waals surface area contributed by atoms with Crippen LogP contribution in [0.2, 0.25) is 0 Å². The number of fused-ring (bicyclic) bond motifs is 1. The van der Waals surface area contributed by atoms with Gasteiger partial charge in [-0.2, -0.15) is 0 Å². The van der Waals surface area contributed by atoms with Crippen molar-refractivity contribution >= 4 is 10.8 Å². The van der Waals surface area contributed by atoms with E-state index in [0.29, 0.717) is 22.3 Å². The van der Waals surface area contributed by atoms with Crippen molar-refractivity contribution in [3.05, 3.63) is 64.5 Å². The van der Waals surface area contributed by atoms with Crippen LogP contribution < -0.4 is 0 Å². The summed E-state index contributed by atoms with van der Waals surface area (Å²) in [6.45, 7) is 1.13. The zero-order chi connectivity index (χ0) is 18.0. The second-order valence-electron chi connectivity index (χ2n) is 6.05. The highest BCUT2D eigenvalue weighted by molar-refractivity contribution is 6.00. The maximum atomic E-state index is 9.93. The van der Waals surface area contributed by atoms with Gasteiger partial charge in [0, 0.05) is 11.9 Å². The molecule has 0 saturated heterocycles. The normalized spacial score (nSPS) is 11.2. The molecule has 5 heteroatoms. The Morgan fingerprint density at radius 3 is 2.04 bits per heavy atom. The number of benzene rings is 2. The smallest absolute Gasteiger partial charge is 0.0691 e. The summed E-state index contributed by atoms with van der Waals surface area (Å²) in [5, 5.41) is 40.6. The Morgan fingerprint density at radius 2 is 1.44 bits per heavy atom. The molecule has 3 aromatic rings. The van der Waals surface area contributed by atoms with Crippen LogP contribution in [0.1, 0.15) is 27.9 Å². The number of pyridine rings is 1. The summed E-state index contributed by atoms with van der Waals surface area (Å²) in [5.41, 5.74) is 5.13. The minimum absolute atomic E-state index is 0.175. The Balaban J connectivity index is 2.45. The van der Waals surface area contributed by atoms with Crippen LogP contribution in [0.15, 0.2) is 36.5 Å². The van der Waals surface area contributed by atoms with Crippen molar-refractivity contribution in [3.63, 3.8) is 0 Å². The van der Waals surface area contributed by atoms with E-state index in [0.717, 1.165) is 27.6 Å². The van der Waals surface area contributed by atoms with Gasteiger partial charge in [0.2, 0.25) is 0 Å². The van der Waals surface area contributed by atoms with E-state index >= 15 is 0 Å². The average molecular weight is 339 g/mol. The number of hydrogen-bond donors (Lipinski definition) is 4. The molecule has 0 aliphatic heterocycles. The zero-order valence-electron chi connectivity index (χ0n) is 14.0. The molecule has 5 nitrogen and oxygen atoms in total. The number of aliphatic hydroxyl groups excluding tert-OH is 4. The molecule has 3 rings (SSSR count). The molecule has 0 amide bonds. The first-order valence-corrected chi connectivity index (χ1v) is 8.09. The Labute approximate surface area is 145 Å². The minimum atomic E-state index is -0.210.